The van der Waals surface area contributed by atoms with Crippen molar-refractivity contribution in [1.29, 1.82) is 0 Å². The molecule has 2 aliphatic heterocycles. The van der Waals surface area contributed by atoms with Crippen LogP contribution in [0.1, 0.15) is 37.8 Å². The van der Waals surface area contributed by atoms with E-state index in [9.17, 15) is 0 Å². The van der Waals surface area contributed by atoms with Gasteiger partial charge in [0.05, 0.1) is 5.60 Å². The van der Waals surface area contributed by atoms with Gasteiger partial charge in [-0.3, -0.25) is 0 Å². The average Bonchev–Trinajstić information content (AvgIpc) is 2.93. The molecule has 2 fully saturated rings. The molecule has 1 aromatic carbocycles. The van der Waals surface area contributed by atoms with Crippen molar-refractivity contribution in [1.82, 2.24) is 5.32 Å². The minimum absolute atomic E-state index is 0.155. The zero-order chi connectivity index (χ0) is 14.7. The molecule has 3 atom stereocenters. The molecule has 0 radical (unpaired) electrons. The van der Waals surface area contributed by atoms with Gasteiger partial charge in [-0.25, -0.2) is 0 Å². The quantitative estimate of drug-likeness (QED) is 0.849. The molecule has 0 amide bonds. The molecule has 0 aromatic heterocycles. The van der Waals surface area contributed by atoms with Gasteiger partial charge in [-0.05, 0) is 49.1 Å². The van der Waals surface area contributed by atoms with Crippen LogP contribution in [0.25, 0.3) is 0 Å². The van der Waals surface area contributed by atoms with E-state index in [0.717, 1.165) is 19.6 Å². The van der Waals surface area contributed by atoms with Crippen LogP contribution in [-0.2, 0) is 4.74 Å². The number of ether oxygens (including phenoxy) is 1. The second-order valence-corrected chi connectivity index (χ2v) is 8.10. The summed E-state index contributed by atoms with van der Waals surface area (Å²) in [5.41, 5.74) is 1.55. The zero-order valence-corrected chi connectivity index (χ0v) is 15.0. The highest BCUT2D eigenvalue weighted by Crippen LogP contribution is 2.44. The van der Waals surface area contributed by atoms with E-state index in [-0.39, 0.29) is 5.60 Å². The van der Waals surface area contributed by atoms with E-state index in [2.05, 4.69) is 64.2 Å². The second kappa shape index (κ2) is 7.03. The van der Waals surface area contributed by atoms with E-state index >= 15 is 0 Å². The first-order valence-electron chi connectivity index (χ1n) is 7.93. The molecule has 0 aliphatic carbocycles. The predicted octanol–water partition coefficient (Wildman–Crippen LogP) is 4.40. The lowest BCUT2D eigenvalue weighted by Gasteiger charge is -2.41. The van der Waals surface area contributed by atoms with Crippen LogP contribution in [0.2, 0.25) is 0 Å². The standard InChI is InChI=1S/C17H24BrNOS/c1-2-19-16(14-5-3-4-6-15(14)18)13-7-9-20-17(11-13)8-10-21-12-17/h3-6,13,16,19H,2,7-12H2,1H3. The van der Waals surface area contributed by atoms with Gasteiger partial charge in [0.1, 0.15) is 0 Å². The minimum Gasteiger partial charge on any atom is -0.374 e. The van der Waals surface area contributed by atoms with Gasteiger partial charge in [0.15, 0.2) is 0 Å². The molecule has 0 bridgehead atoms. The Hall–Kier alpha value is -0.0300. The lowest BCUT2D eigenvalue weighted by atomic mass is 9.79. The van der Waals surface area contributed by atoms with Gasteiger partial charge in [-0.15, -0.1) is 0 Å². The maximum Gasteiger partial charge on any atom is 0.0783 e. The monoisotopic (exact) mass is 369 g/mol. The number of benzene rings is 1. The number of thioether (sulfide) groups is 1. The Bertz CT molecular complexity index is 476. The highest BCUT2D eigenvalue weighted by atomic mass is 79.9. The third kappa shape index (κ3) is 3.49. The number of halogens is 1. The van der Waals surface area contributed by atoms with Crippen molar-refractivity contribution in [2.45, 2.75) is 37.8 Å². The largest absolute Gasteiger partial charge is 0.374 e. The summed E-state index contributed by atoms with van der Waals surface area (Å²) >= 11 is 5.78. The highest BCUT2D eigenvalue weighted by Gasteiger charge is 2.42. The van der Waals surface area contributed by atoms with Crippen molar-refractivity contribution in [3.8, 4) is 0 Å². The Balaban J connectivity index is 1.82. The molecule has 1 aromatic rings. The summed E-state index contributed by atoms with van der Waals surface area (Å²) in [4.78, 5) is 0. The molecule has 1 spiro atoms. The Morgan fingerprint density at radius 1 is 1.48 bits per heavy atom. The number of hydrogen-bond donors (Lipinski definition) is 1. The Kier molecular flexibility index (Phi) is 5.31. The lowest BCUT2D eigenvalue weighted by molar-refractivity contribution is -0.0853. The van der Waals surface area contributed by atoms with Crippen molar-refractivity contribution < 1.29 is 4.74 Å². The van der Waals surface area contributed by atoms with Crippen LogP contribution >= 0.6 is 27.7 Å². The summed E-state index contributed by atoms with van der Waals surface area (Å²) in [6, 6.07) is 9.07. The van der Waals surface area contributed by atoms with Crippen molar-refractivity contribution in [3.63, 3.8) is 0 Å². The van der Waals surface area contributed by atoms with E-state index in [0.29, 0.717) is 12.0 Å². The lowest BCUT2D eigenvalue weighted by Crippen LogP contribution is -2.43. The average molecular weight is 370 g/mol. The first kappa shape index (κ1) is 15.9. The van der Waals surface area contributed by atoms with Gasteiger partial charge in [-0.1, -0.05) is 41.1 Å². The second-order valence-electron chi connectivity index (χ2n) is 6.14. The van der Waals surface area contributed by atoms with Gasteiger partial charge in [0.2, 0.25) is 0 Å². The van der Waals surface area contributed by atoms with Crippen LogP contribution in [0.15, 0.2) is 28.7 Å². The number of hydrogen-bond acceptors (Lipinski definition) is 3. The Labute approximate surface area is 140 Å². The van der Waals surface area contributed by atoms with Crippen molar-refractivity contribution in [2.24, 2.45) is 5.92 Å². The van der Waals surface area contributed by atoms with Crippen LogP contribution in [0.4, 0.5) is 0 Å². The van der Waals surface area contributed by atoms with Crippen molar-refractivity contribution in [3.05, 3.63) is 34.3 Å². The third-order valence-electron chi connectivity index (χ3n) is 4.73. The van der Waals surface area contributed by atoms with Gasteiger partial charge < -0.3 is 10.1 Å². The smallest absolute Gasteiger partial charge is 0.0783 e. The van der Waals surface area contributed by atoms with Crippen LogP contribution < -0.4 is 5.32 Å². The molecule has 1 N–H and O–H groups in total. The van der Waals surface area contributed by atoms with Gasteiger partial charge in [0.25, 0.3) is 0 Å². The first-order chi connectivity index (χ1) is 10.2. The van der Waals surface area contributed by atoms with Crippen LogP contribution in [-0.4, -0.2) is 30.3 Å². The van der Waals surface area contributed by atoms with Crippen LogP contribution in [0.5, 0.6) is 0 Å². The molecule has 116 valence electrons. The predicted molar refractivity (Wildman–Crippen MR) is 93.9 cm³/mol. The molecule has 21 heavy (non-hydrogen) atoms. The first-order valence-corrected chi connectivity index (χ1v) is 9.88. The molecule has 2 saturated heterocycles. The molecule has 3 rings (SSSR count). The summed E-state index contributed by atoms with van der Waals surface area (Å²) < 4.78 is 7.41. The molecular formula is C17H24BrNOS. The van der Waals surface area contributed by atoms with E-state index in [1.807, 2.05) is 0 Å². The normalized spacial score (nSPS) is 30.7. The van der Waals surface area contributed by atoms with E-state index in [1.54, 1.807) is 0 Å². The summed E-state index contributed by atoms with van der Waals surface area (Å²) in [7, 11) is 0. The zero-order valence-electron chi connectivity index (χ0n) is 12.6. The fourth-order valence-electron chi connectivity index (χ4n) is 3.69. The summed E-state index contributed by atoms with van der Waals surface area (Å²) in [5, 5.41) is 3.72. The highest BCUT2D eigenvalue weighted by molar-refractivity contribution is 9.10. The van der Waals surface area contributed by atoms with Crippen LogP contribution in [0.3, 0.4) is 0 Å². The minimum atomic E-state index is 0.155. The summed E-state index contributed by atoms with van der Waals surface area (Å²) in [5.74, 6) is 3.10. The molecule has 2 nitrogen and oxygen atoms in total. The summed E-state index contributed by atoms with van der Waals surface area (Å²) in [6.45, 7) is 4.12. The summed E-state index contributed by atoms with van der Waals surface area (Å²) in [6.07, 6.45) is 3.58. The Morgan fingerprint density at radius 3 is 3.05 bits per heavy atom. The molecule has 0 saturated carbocycles. The number of rotatable bonds is 4. The fourth-order valence-corrected chi connectivity index (χ4v) is 5.60. The molecule has 3 unspecified atom stereocenters. The number of nitrogens with one attached hydrogen (secondary N) is 1. The van der Waals surface area contributed by atoms with E-state index in [1.165, 1.54) is 34.4 Å². The van der Waals surface area contributed by atoms with E-state index in [4.69, 9.17) is 4.74 Å². The topological polar surface area (TPSA) is 21.3 Å². The molecule has 4 heteroatoms. The molecule has 2 aliphatic rings. The Morgan fingerprint density at radius 2 is 2.33 bits per heavy atom. The van der Waals surface area contributed by atoms with E-state index < -0.39 is 0 Å². The molecular weight excluding hydrogens is 346 g/mol. The van der Waals surface area contributed by atoms with Gasteiger partial charge >= 0.3 is 0 Å². The SMILES string of the molecule is CCNC(c1ccccc1Br)C1CCOC2(CCSC2)C1. The molecule has 2 heterocycles. The van der Waals surface area contributed by atoms with Crippen LogP contribution in [0, 0.1) is 5.92 Å². The van der Waals surface area contributed by atoms with Crippen molar-refractivity contribution in [2.75, 3.05) is 24.7 Å². The maximum atomic E-state index is 6.19. The maximum absolute atomic E-state index is 6.19. The van der Waals surface area contributed by atoms with Gasteiger partial charge in [-0.2, -0.15) is 11.8 Å². The third-order valence-corrected chi connectivity index (χ3v) is 6.68. The van der Waals surface area contributed by atoms with Crippen molar-refractivity contribution >= 4 is 27.7 Å². The van der Waals surface area contributed by atoms with Gasteiger partial charge in [0, 0.05) is 22.9 Å². The fraction of sp³-hybridized carbons (Fsp3) is 0.647.